The van der Waals surface area contributed by atoms with Crippen LogP contribution in [0, 0.1) is 0 Å². The molecule has 1 amide bonds. The van der Waals surface area contributed by atoms with Gasteiger partial charge in [0.15, 0.2) is 6.61 Å². The van der Waals surface area contributed by atoms with Crippen LogP contribution in [0.2, 0.25) is 5.02 Å². The zero-order chi connectivity index (χ0) is 20.1. The molecular formula is C21H17BrClNO4. The van der Waals surface area contributed by atoms with E-state index in [0.717, 1.165) is 15.2 Å². The lowest BCUT2D eigenvalue weighted by molar-refractivity contribution is -0.118. The largest absolute Gasteiger partial charge is 0.483 e. The monoisotopic (exact) mass is 461 g/mol. The minimum Gasteiger partial charge on any atom is -0.483 e. The lowest BCUT2D eigenvalue weighted by Crippen LogP contribution is -2.20. The van der Waals surface area contributed by atoms with E-state index in [1.165, 1.54) is 6.07 Å². The molecule has 3 aromatic carbocycles. The number of carbonyl (C=O) groups is 2. The first-order chi connectivity index (χ1) is 13.5. The Morgan fingerprint density at radius 2 is 1.89 bits per heavy atom. The van der Waals surface area contributed by atoms with Crippen molar-refractivity contribution in [2.75, 3.05) is 18.5 Å². The molecule has 0 saturated heterocycles. The second-order valence-electron chi connectivity index (χ2n) is 5.85. The van der Waals surface area contributed by atoms with Crippen LogP contribution in [-0.4, -0.2) is 25.1 Å². The van der Waals surface area contributed by atoms with Crippen molar-refractivity contribution < 1.29 is 19.1 Å². The zero-order valence-electron chi connectivity index (χ0n) is 15.0. The molecule has 0 heterocycles. The van der Waals surface area contributed by atoms with Gasteiger partial charge in [0.05, 0.1) is 27.4 Å². The van der Waals surface area contributed by atoms with E-state index in [2.05, 4.69) is 21.2 Å². The van der Waals surface area contributed by atoms with Crippen LogP contribution >= 0.6 is 27.5 Å². The maximum Gasteiger partial charge on any atom is 0.338 e. The predicted octanol–water partition coefficient (Wildman–Crippen LogP) is 5.45. The molecule has 0 fully saturated rings. The normalized spacial score (nSPS) is 10.5. The van der Waals surface area contributed by atoms with Crippen LogP contribution < -0.4 is 10.1 Å². The summed E-state index contributed by atoms with van der Waals surface area (Å²) in [6.45, 7) is 1.81. The summed E-state index contributed by atoms with van der Waals surface area (Å²) >= 11 is 9.68. The highest BCUT2D eigenvalue weighted by Gasteiger charge is 2.13. The summed E-state index contributed by atoms with van der Waals surface area (Å²) in [5, 5.41) is 4.98. The molecule has 3 rings (SSSR count). The quantitative estimate of drug-likeness (QED) is 0.495. The van der Waals surface area contributed by atoms with E-state index in [1.807, 2.05) is 30.3 Å². The molecule has 0 saturated carbocycles. The Labute approximate surface area is 175 Å². The molecule has 0 aliphatic heterocycles. The predicted molar refractivity (Wildman–Crippen MR) is 113 cm³/mol. The SMILES string of the molecule is CCOC(=O)c1ccc(NC(=O)COc2ccc3ccccc3c2Br)c(Cl)c1. The number of fused-ring (bicyclic) bond motifs is 1. The van der Waals surface area contributed by atoms with Gasteiger partial charge in [-0.25, -0.2) is 4.79 Å². The van der Waals surface area contributed by atoms with Crippen LogP contribution in [0.4, 0.5) is 5.69 Å². The van der Waals surface area contributed by atoms with Crippen molar-refractivity contribution in [1.29, 1.82) is 0 Å². The lowest BCUT2D eigenvalue weighted by atomic mass is 10.1. The van der Waals surface area contributed by atoms with Crippen LogP contribution in [0.25, 0.3) is 10.8 Å². The summed E-state index contributed by atoms with van der Waals surface area (Å²) in [6.07, 6.45) is 0. The molecule has 0 radical (unpaired) electrons. The molecule has 0 aliphatic carbocycles. The molecule has 1 N–H and O–H groups in total. The number of rotatable bonds is 6. The molecule has 0 atom stereocenters. The van der Waals surface area contributed by atoms with E-state index in [-0.39, 0.29) is 24.1 Å². The Hall–Kier alpha value is -2.57. The van der Waals surface area contributed by atoms with Gasteiger partial charge in [0.2, 0.25) is 0 Å². The summed E-state index contributed by atoms with van der Waals surface area (Å²) in [6, 6.07) is 16.1. The van der Waals surface area contributed by atoms with Crippen LogP contribution in [-0.2, 0) is 9.53 Å². The molecule has 0 aliphatic rings. The molecule has 28 heavy (non-hydrogen) atoms. The highest BCUT2D eigenvalue weighted by molar-refractivity contribution is 9.10. The van der Waals surface area contributed by atoms with Gasteiger partial charge < -0.3 is 14.8 Å². The molecule has 0 bridgehead atoms. The van der Waals surface area contributed by atoms with Crippen LogP contribution in [0.3, 0.4) is 0 Å². The van der Waals surface area contributed by atoms with Crippen LogP contribution in [0.15, 0.2) is 59.1 Å². The Balaban J connectivity index is 1.65. The number of benzene rings is 3. The van der Waals surface area contributed by atoms with E-state index in [0.29, 0.717) is 17.0 Å². The first kappa shape index (κ1) is 20.2. The minimum absolute atomic E-state index is 0.188. The number of hydrogen-bond donors (Lipinski definition) is 1. The summed E-state index contributed by atoms with van der Waals surface area (Å²) in [5.41, 5.74) is 0.710. The van der Waals surface area contributed by atoms with Crippen molar-refractivity contribution in [2.24, 2.45) is 0 Å². The molecule has 3 aromatic rings. The van der Waals surface area contributed by atoms with Gasteiger partial charge in [0, 0.05) is 0 Å². The lowest BCUT2D eigenvalue weighted by Gasteiger charge is -2.12. The van der Waals surface area contributed by atoms with Gasteiger partial charge in [0.25, 0.3) is 5.91 Å². The third kappa shape index (κ3) is 4.64. The van der Waals surface area contributed by atoms with Crippen molar-refractivity contribution in [3.05, 3.63) is 69.7 Å². The van der Waals surface area contributed by atoms with Crippen LogP contribution in [0.1, 0.15) is 17.3 Å². The van der Waals surface area contributed by atoms with Crippen molar-refractivity contribution in [3.8, 4) is 5.75 Å². The zero-order valence-corrected chi connectivity index (χ0v) is 17.3. The average molecular weight is 463 g/mol. The first-order valence-electron chi connectivity index (χ1n) is 8.56. The topological polar surface area (TPSA) is 64.6 Å². The molecule has 7 heteroatoms. The molecule has 0 spiro atoms. The van der Waals surface area contributed by atoms with Crippen molar-refractivity contribution in [2.45, 2.75) is 6.92 Å². The number of ether oxygens (including phenoxy) is 2. The third-order valence-electron chi connectivity index (χ3n) is 3.94. The fourth-order valence-electron chi connectivity index (χ4n) is 2.61. The maximum absolute atomic E-state index is 12.2. The fraction of sp³-hybridized carbons (Fsp3) is 0.143. The molecular weight excluding hydrogens is 446 g/mol. The van der Waals surface area contributed by atoms with E-state index in [1.54, 1.807) is 25.1 Å². The van der Waals surface area contributed by atoms with Gasteiger partial charge in [-0.05, 0) is 57.9 Å². The average Bonchev–Trinajstić information content (AvgIpc) is 2.69. The Morgan fingerprint density at radius 1 is 1.11 bits per heavy atom. The standard InChI is InChI=1S/C21H17BrClNO4/c1-2-27-21(26)14-7-9-17(16(23)11-14)24-19(25)12-28-18-10-8-13-5-3-4-6-15(13)20(18)22/h3-11H,2,12H2,1H3,(H,24,25). The second-order valence-corrected chi connectivity index (χ2v) is 7.05. The fourth-order valence-corrected chi connectivity index (χ4v) is 3.45. The van der Waals surface area contributed by atoms with Gasteiger partial charge in [0.1, 0.15) is 5.75 Å². The highest BCUT2D eigenvalue weighted by atomic mass is 79.9. The van der Waals surface area contributed by atoms with E-state index in [9.17, 15) is 9.59 Å². The molecule has 0 unspecified atom stereocenters. The summed E-state index contributed by atoms with van der Waals surface area (Å²) in [5.74, 6) is -0.268. The van der Waals surface area contributed by atoms with Gasteiger partial charge in [-0.3, -0.25) is 4.79 Å². The minimum atomic E-state index is -0.466. The van der Waals surface area contributed by atoms with Gasteiger partial charge in [-0.2, -0.15) is 0 Å². The Bertz CT molecular complexity index is 1040. The van der Waals surface area contributed by atoms with E-state index >= 15 is 0 Å². The van der Waals surface area contributed by atoms with Crippen LogP contribution in [0.5, 0.6) is 5.75 Å². The van der Waals surface area contributed by atoms with Gasteiger partial charge in [-0.15, -0.1) is 0 Å². The number of nitrogens with one attached hydrogen (secondary N) is 1. The smallest absolute Gasteiger partial charge is 0.338 e. The van der Waals surface area contributed by atoms with E-state index in [4.69, 9.17) is 21.1 Å². The number of halogens is 2. The maximum atomic E-state index is 12.2. The third-order valence-corrected chi connectivity index (χ3v) is 5.07. The number of amides is 1. The number of hydrogen-bond acceptors (Lipinski definition) is 4. The molecule has 0 aromatic heterocycles. The van der Waals surface area contributed by atoms with Crippen molar-refractivity contribution in [1.82, 2.24) is 0 Å². The Kier molecular flexibility index (Phi) is 6.54. The number of esters is 1. The van der Waals surface area contributed by atoms with Crippen molar-refractivity contribution in [3.63, 3.8) is 0 Å². The number of carbonyl (C=O) groups excluding carboxylic acids is 2. The molecule has 5 nitrogen and oxygen atoms in total. The molecule has 144 valence electrons. The second kappa shape index (κ2) is 9.08. The van der Waals surface area contributed by atoms with Gasteiger partial charge >= 0.3 is 5.97 Å². The highest BCUT2D eigenvalue weighted by Crippen LogP contribution is 2.33. The van der Waals surface area contributed by atoms with E-state index < -0.39 is 5.97 Å². The Morgan fingerprint density at radius 3 is 2.64 bits per heavy atom. The summed E-state index contributed by atoms with van der Waals surface area (Å²) in [4.78, 5) is 24.0. The number of anilines is 1. The first-order valence-corrected chi connectivity index (χ1v) is 9.73. The van der Waals surface area contributed by atoms with Crippen molar-refractivity contribution >= 4 is 55.9 Å². The van der Waals surface area contributed by atoms with Gasteiger partial charge in [-0.1, -0.05) is 41.9 Å². The summed E-state index contributed by atoms with van der Waals surface area (Å²) in [7, 11) is 0. The summed E-state index contributed by atoms with van der Waals surface area (Å²) < 4.78 is 11.3.